The molecule has 0 bridgehead atoms. The molecule has 1 heterocycles. The molecule has 7 heteroatoms. The Hall–Kier alpha value is -2.11. The second-order valence-corrected chi connectivity index (χ2v) is 5.04. The molecule has 5 nitrogen and oxygen atoms in total. The number of carbonyl (C=O) groups excluding carboxylic acids is 2. The maximum Gasteiger partial charge on any atom is 0.341 e. The largest absolute Gasteiger partial charge is 0.462 e. The first-order valence-electron chi connectivity index (χ1n) is 6.41. The van der Waals surface area contributed by atoms with Crippen molar-refractivity contribution in [3.63, 3.8) is 0 Å². The standard InChI is InChI=1S/C15H12Cl2N2O3/c1-2-22-15(21)10-4-3-7-18-13(10)19-14(20)11-8-9(16)5-6-12(11)17/h3-8H,2H2,1H3,(H,18,19,20). The molecule has 2 rings (SSSR count). The van der Waals surface area contributed by atoms with Gasteiger partial charge in [0, 0.05) is 11.2 Å². The molecule has 2 aromatic rings. The van der Waals surface area contributed by atoms with Gasteiger partial charge in [-0.2, -0.15) is 0 Å². The Morgan fingerprint density at radius 3 is 2.73 bits per heavy atom. The molecule has 0 aliphatic rings. The lowest BCUT2D eigenvalue weighted by Crippen LogP contribution is -2.17. The van der Waals surface area contributed by atoms with Gasteiger partial charge in [-0.05, 0) is 37.3 Å². The lowest BCUT2D eigenvalue weighted by molar-refractivity contribution is 0.0527. The number of carbonyl (C=O) groups is 2. The summed E-state index contributed by atoms with van der Waals surface area (Å²) in [6, 6.07) is 7.62. The maximum atomic E-state index is 12.3. The van der Waals surface area contributed by atoms with Crippen LogP contribution in [0.1, 0.15) is 27.6 Å². The fraction of sp³-hybridized carbons (Fsp3) is 0.133. The second kappa shape index (κ2) is 7.24. The zero-order valence-electron chi connectivity index (χ0n) is 11.6. The summed E-state index contributed by atoms with van der Waals surface area (Å²) in [5.41, 5.74) is 0.352. The molecule has 22 heavy (non-hydrogen) atoms. The number of esters is 1. The number of benzene rings is 1. The Morgan fingerprint density at radius 1 is 1.23 bits per heavy atom. The fourth-order valence-corrected chi connectivity index (χ4v) is 2.10. The van der Waals surface area contributed by atoms with E-state index in [1.807, 2.05) is 0 Å². The van der Waals surface area contributed by atoms with Crippen molar-refractivity contribution in [3.05, 3.63) is 57.7 Å². The second-order valence-electron chi connectivity index (χ2n) is 4.20. The van der Waals surface area contributed by atoms with Gasteiger partial charge < -0.3 is 10.1 Å². The number of halogens is 2. The molecule has 0 fully saturated rings. The van der Waals surface area contributed by atoms with E-state index in [9.17, 15) is 9.59 Å². The van der Waals surface area contributed by atoms with Crippen molar-refractivity contribution < 1.29 is 14.3 Å². The van der Waals surface area contributed by atoms with Gasteiger partial charge in [-0.1, -0.05) is 23.2 Å². The molecule has 0 saturated carbocycles. The number of anilines is 1. The van der Waals surface area contributed by atoms with Crippen molar-refractivity contribution in [1.29, 1.82) is 0 Å². The average Bonchev–Trinajstić information content (AvgIpc) is 2.50. The molecule has 0 aliphatic heterocycles. The van der Waals surface area contributed by atoms with Crippen LogP contribution in [0.2, 0.25) is 10.0 Å². The molecular weight excluding hydrogens is 327 g/mol. The first-order chi connectivity index (χ1) is 10.5. The molecule has 114 valence electrons. The smallest absolute Gasteiger partial charge is 0.341 e. The van der Waals surface area contributed by atoms with Gasteiger partial charge >= 0.3 is 5.97 Å². The first kappa shape index (κ1) is 16.3. The number of ether oxygens (including phenoxy) is 1. The van der Waals surface area contributed by atoms with Crippen LogP contribution in [0.15, 0.2) is 36.5 Å². The highest BCUT2D eigenvalue weighted by atomic mass is 35.5. The zero-order valence-corrected chi connectivity index (χ0v) is 13.1. The maximum absolute atomic E-state index is 12.3. The van der Waals surface area contributed by atoms with Crippen molar-refractivity contribution in [2.24, 2.45) is 0 Å². The molecular formula is C15H12Cl2N2O3. The van der Waals surface area contributed by atoms with Crippen LogP contribution in [0, 0.1) is 0 Å². The van der Waals surface area contributed by atoms with Gasteiger partial charge in [0.1, 0.15) is 11.4 Å². The molecule has 0 atom stereocenters. The molecule has 1 aromatic heterocycles. The van der Waals surface area contributed by atoms with Gasteiger partial charge in [0.2, 0.25) is 0 Å². The summed E-state index contributed by atoms with van der Waals surface area (Å²) in [4.78, 5) is 28.1. The van der Waals surface area contributed by atoms with Crippen molar-refractivity contribution in [3.8, 4) is 0 Å². The number of nitrogens with one attached hydrogen (secondary N) is 1. The average molecular weight is 339 g/mol. The summed E-state index contributed by atoms with van der Waals surface area (Å²) in [5.74, 6) is -0.984. The van der Waals surface area contributed by atoms with Crippen LogP contribution in [0.4, 0.5) is 5.82 Å². The normalized spacial score (nSPS) is 10.1. The Morgan fingerprint density at radius 2 is 2.00 bits per heavy atom. The van der Waals surface area contributed by atoms with Crippen molar-refractivity contribution in [1.82, 2.24) is 4.98 Å². The van der Waals surface area contributed by atoms with E-state index in [2.05, 4.69) is 10.3 Å². The van der Waals surface area contributed by atoms with Gasteiger partial charge in [0.05, 0.1) is 17.2 Å². The van der Waals surface area contributed by atoms with Crippen LogP contribution in [0.5, 0.6) is 0 Å². The fourth-order valence-electron chi connectivity index (χ4n) is 1.72. The monoisotopic (exact) mass is 338 g/mol. The van der Waals surface area contributed by atoms with Crippen LogP contribution >= 0.6 is 23.2 Å². The summed E-state index contributed by atoms with van der Waals surface area (Å²) in [7, 11) is 0. The third-order valence-corrected chi connectivity index (χ3v) is 3.27. The number of hydrogen-bond acceptors (Lipinski definition) is 4. The molecule has 0 radical (unpaired) electrons. The predicted molar refractivity (Wildman–Crippen MR) is 84.6 cm³/mol. The Labute approximate surface area is 137 Å². The minimum Gasteiger partial charge on any atom is -0.462 e. The van der Waals surface area contributed by atoms with Crippen LogP contribution in [0.3, 0.4) is 0 Å². The minimum atomic E-state index is -0.567. The van der Waals surface area contributed by atoms with E-state index >= 15 is 0 Å². The number of rotatable bonds is 4. The number of nitrogens with zero attached hydrogens (tertiary/aromatic N) is 1. The van der Waals surface area contributed by atoms with Gasteiger partial charge in [-0.3, -0.25) is 4.79 Å². The van der Waals surface area contributed by atoms with E-state index in [1.165, 1.54) is 24.4 Å². The highest BCUT2D eigenvalue weighted by Gasteiger charge is 2.17. The van der Waals surface area contributed by atoms with E-state index in [0.717, 1.165) is 0 Å². The van der Waals surface area contributed by atoms with Crippen LogP contribution in [-0.2, 0) is 4.74 Å². The summed E-state index contributed by atoms with van der Waals surface area (Å²) in [5, 5.41) is 3.16. The van der Waals surface area contributed by atoms with E-state index < -0.39 is 11.9 Å². The molecule has 1 N–H and O–H groups in total. The Bertz CT molecular complexity index is 720. The highest BCUT2D eigenvalue weighted by Crippen LogP contribution is 2.22. The summed E-state index contributed by atoms with van der Waals surface area (Å²) in [6.45, 7) is 1.92. The van der Waals surface area contributed by atoms with Crippen molar-refractivity contribution in [2.45, 2.75) is 6.92 Å². The lowest BCUT2D eigenvalue weighted by Gasteiger charge is -2.10. The SMILES string of the molecule is CCOC(=O)c1cccnc1NC(=O)c1cc(Cl)ccc1Cl. The molecule has 0 saturated heterocycles. The Balaban J connectivity index is 2.29. The van der Waals surface area contributed by atoms with E-state index in [0.29, 0.717) is 5.02 Å². The van der Waals surface area contributed by atoms with Gasteiger partial charge in [-0.15, -0.1) is 0 Å². The van der Waals surface area contributed by atoms with Crippen molar-refractivity contribution >= 4 is 40.9 Å². The van der Waals surface area contributed by atoms with E-state index in [1.54, 1.807) is 19.1 Å². The van der Waals surface area contributed by atoms with E-state index in [4.69, 9.17) is 27.9 Å². The zero-order chi connectivity index (χ0) is 16.1. The summed E-state index contributed by atoms with van der Waals surface area (Å²) >= 11 is 11.8. The van der Waals surface area contributed by atoms with Gasteiger partial charge in [-0.25, -0.2) is 9.78 Å². The van der Waals surface area contributed by atoms with E-state index in [-0.39, 0.29) is 28.6 Å². The summed E-state index contributed by atoms with van der Waals surface area (Å²) < 4.78 is 4.92. The molecule has 0 aliphatic carbocycles. The van der Waals surface area contributed by atoms with Gasteiger partial charge in [0.25, 0.3) is 5.91 Å². The van der Waals surface area contributed by atoms with Crippen molar-refractivity contribution in [2.75, 3.05) is 11.9 Å². The molecule has 1 amide bonds. The third-order valence-electron chi connectivity index (χ3n) is 2.71. The number of pyridine rings is 1. The topological polar surface area (TPSA) is 68.3 Å². The summed E-state index contributed by atoms with van der Waals surface area (Å²) in [6.07, 6.45) is 1.46. The predicted octanol–water partition coefficient (Wildman–Crippen LogP) is 3.82. The third kappa shape index (κ3) is 3.75. The molecule has 0 spiro atoms. The Kier molecular flexibility index (Phi) is 5.35. The number of hydrogen-bond donors (Lipinski definition) is 1. The van der Waals surface area contributed by atoms with Crippen LogP contribution < -0.4 is 5.32 Å². The first-order valence-corrected chi connectivity index (χ1v) is 7.17. The minimum absolute atomic E-state index is 0.0991. The molecule has 0 unspecified atom stereocenters. The number of amides is 1. The molecule has 1 aromatic carbocycles. The quantitative estimate of drug-likeness (QED) is 0.860. The lowest BCUT2D eigenvalue weighted by atomic mass is 10.2. The van der Waals surface area contributed by atoms with Crippen LogP contribution in [-0.4, -0.2) is 23.5 Å². The number of aromatic nitrogens is 1. The van der Waals surface area contributed by atoms with Crippen LogP contribution in [0.25, 0.3) is 0 Å². The highest BCUT2D eigenvalue weighted by molar-refractivity contribution is 6.36. The van der Waals surface area contributed by atoms with Gasteiger partial charge in [0.15, 0.2) is 0 Å².